The topological polar surface area (TPSA) is 44.8 Å². The van der Waals surface area contributed by atoms with E-state index in [9.17, 15) is 4.79 Å². The van der Waals surface area contributed by atoms with E-state index in [1.165, 1.54) is 5.56 Å². The van der Waals surface area contributed by atoms with Crippen LogP contribution in [0.15, 0.2) is 54.6 Å². The highest BCUT2D eigenvalue weighted by molar-refractivity contribution is 5.96. The van der Waals surface area contributed by atoms with Crippen molar-refractivity contribution in [3.05, 3.63) is 65.7 Å². The number of likely N-dealkylation sites (N-methyl/N-ethyl adjacent to an activating group) is 1. The Labute approximate surface area is 174 Å². The Morgan fingerprint density at radius 1 is 1.14 bits per heavy atom. The fourth-order valence-corrected chi connectivity index (χ4v) is 3.66. The molecule has 29 heavy (non-hydrogen) atoms. The monoisotopic (exact) mass is 395 g/mol. The molecule has 1 aliphatic rings. The molecule has 5 heteroatoms. The van der Waals surface area contributed by atoms with Gasteiger partial charge in [-0.05, 0) is 57.1 Å². The van der Waals surface area contributed by atoms with Crippen LogP contribution in [0, 0.1) is 5.92 Å². The maximum absolute atomic E-state index is 12.7. The Kier molecular flexibility index (Phi) is 8.08. The minimum absolute atomic E-state index is 0.0480. The van der Waals surface area contributed by atoms with Gasteiger partial charge in [-0.15, -0.1) is 0 Å². The van der Waals surface area contributed by atoms with Gasteiger partial charge in [-0.25, -0.2) is 0 Å². The number of nitrogens with one attached hydrogen (secondary N) is 1. The minimum atomic E-state index is -0.0480. The van der Waals surface area contributed by atoms with Crippen LogP contribution in [0.4, 0.5) is 0 Å². The lowest BCUT2D eigenvalue weighted by Gasteiger charge is -2.17. The van der Waals surface area contributed by atoms with Gasteiger partial charge in [0.15, 0.2) is 0 Å². The summed E-state index contributed by atoms with van der Waals surface area (Å²) in [6.07, 6.45) is 2.22. The number of rotatable bonds is 10. The first-order chi connectivity index (χ1) is 14.1. The third-order valence-corrected chi connectivity index (χ3v) is 5.41. The first-order valence-electron chi connectivity index (χ1n) is 10.5. The first-order valence-corrected chi connectivity index (χ1v) is 10.5. The van der Waals surface area contributed by atoms with Crippen LogP contribution >= 0.6 is 0 Å². The van der Waals surface area contributed by atoms with E-state index in [4.69, 9.17) is 4.74 Å². The molecule has 1 atom stereocenters. The largest absolute Gasteiger partial charge is 0.491 e. The summed E-state index contributed by atoms with van der Waals surface area (Å²) in [6.45, 7) is 5.34. The van der Waals surface area contributed by atoms with Gasteiger partial charge >= 0.3 is 0 Å². The van der Waals surface area contributed by atoms with Crippen molar-refractivity contribution in [2.45, 2.75) is 12.8 Å². The molecule has 0 saturated carbocycles. The lowest BCUT2D eigenvalue weighted by atomic mass is 10.1. The Balaban J connectivity index is 1.43. The van der Waals surface area contributed by atoms with E-state index in [0.717, 1.165) is 39.0 Å². The molecule has 0 aromatic heterocycles. The van der Waals surface area contributed by atoms with Gasteiger partial charge in [-0.2, -0.15) is 0 Å². The van der Waals surface area contributed by atoms with E-state index in [0.29, 0.717) is 30.4 Å². The Morgan fingerprint density at radius 2 is 1.90 bits per heavy atom. The molecule has 1 N–H and O–H groups in total. The van der Waals surface area contributed by atoms with Crippen molar-refractivity contribution in [1.29, 1.82) is 0 Å². The van der Waals surface area contributed by atoms with Crippen molar-refractivity contribution in [2.24, 2.45) is 5.92 Å². The summed E-state index contributed by atoms with van der Waals surface area (Å²) in [6, 6.07) is 18.1. The Bertz CT molecular complexity index is 764. The van der Waals surface area contributed by atoms with Crippen molar-refractivity contribution >= 4 is 5.91 Å². The lowest BCUT2D eigenvalue weighted by Crippen LogP contribution is -2.31. The number of hydrogen-bond donors (Lipinski definition) is 1. The molecule has 1 aliphatic heterocycles. The van der Waals surface area contributed by atoms with E-state index in [1.807, 2.05) is 38.4 Å². The molecule has 1 heterocycles. The second-order valence-corrected chi connectivity index (χ2v) is 8.05. The van der Waals surface area contributed by atoms with Gasteiger partial charge in [-0.1, -0.05) is 42.5 Å². The number of ether oxygens (including phenoxy) is 1. The summed E-state index contributed by atoms with van der Waals surface area (Å²) < 4.78 is 5.82. The maximum atomic E-state index is 12.7. The van der Waals surface area contributed by atoms with Crippen LogP contribution in [-0.4, -0.2) is 69.1 Å². The van der Waals surface area contributed by atoms with Crippen LogP contribution in [0.5, 0.6) is 5.75 Å². The first kappa shape index (κ1) is 21.3. The normalized spacial score (nSPS) is 16.9. The van der Waals surface area contributed by atoms with Crippen LogP contribution in [0.1, 0.15) is 22.3 Å². The van der Waals surface area contributed by atoms with Gasteiger partial charge in [-0.3, -0.25) is 4.79 Å². The van der Waals surface area contributed by atoms with Crippen molar-refractivity contribution in [1.82, 2.24) is 15.1 Å². The summed E-state index contributed by atoms with van der Waals surface area (Å²) in [7, 11) is 4.01. The van der Waals surface area contributed by atoms with Gasteiger partial charge in [0.05, 0.1) is 5.56 Å². The standard InChI is InChI=1S/C24H33N3O2/c1-26(2)16-17-29-23-11-7-6-10-22(23)24(28)25-18-21-13-15-27(19-21)14-12-20-8-4-3-5-9-20/h3-11,21H,12-19H2,1-2H3,(H,25,28). The summed E-state index contributed by atoms with van der Waals surface area (Å²) in [4.78, 5) is 17.3. The molecule has 1 amide bonds. The molecule has 0 bridgehead atoms. The van der Waals surface area contributed by atoms with Crippen molar-refractivity contribution in [2.75, 3.05) is 53.4 Å². The van der Waals surface area contributed by atoms with Crippen LogP contribution < -0.4 is 10.1 Å². The molecule has 1 fully saturated rings. The number of nitrogens with zero attached hydrogens (tertiary/aromatic N) is 2. The molecular formula is C24H33N3O2. The molecule has 2 aromatic rings. The smallest absolute Gasteiger partial charge is 0.255 e. The van der Waals surface area contributed by atoms with E-state index in [1.54, 1.807) is 0 Å². The van der Waals surface area contributed by atoms with Gasteiger partial charge in [0, 0.05) is 26.2 Å². The molecule has 3 rings (SSSR count). The number of hydrogen-bond acceptors (Lipinski definition) is 4. The highest BCUT2D eigenvalue weighted by Gasteiger charge is 2.23. The molecule has 1 saturated heterocycles. The summed E-state index contributed by atoms with van der Waals surface area (Å²) in [5, 5.41) is 3.12. The van der Waals surface area contributed by atoms with Gasteiger partial charge in [0.25, 0.3) is 5.91 Å². The molecule has 0 spiro atoms. The highest BCUT2D eigenvalue weighted by Crippen LogP contribution is 2.19. The average Bonchev–Trinajstić information content (AvgIpc) is 3.19. The number of amides is 1. The fraction of sp³-hybridized carbons (Fsp3) is 0.458. The lowest BCUT2D eigenvalue weighted by molar-refractivity contribution is 0.0943. The van der Waals surface area contributed by atoms with E-state index in [-0.39, 0.29) is 5.91 Å². The Morgan fingerprint density at radius 3 is 2.69 bits per heavy atom. The molecule has 156 valence electrons. The summed E-state index contributed by atoms with van der Waals surface area (Å²) >= 11 is 0. The summed E-state index contributed by atoms with van der Waals surface area (Å²) in [5.74, 6) is 1.12. The fourth-order valence-electron chi connectivity index (χ4n) is 3.66. The number of carbonyl (C=O) groups excluding carboxylic acids is 1. The molecule has 2 aromatic carbocycles. The molecule has 1 unspecified atom stereocenters. The van der Waals surface area contributed by atoms with E-state index in [2.05, 4.69) is 45.4 Å². The second kappa shape index (κ2) is 11.0. The third kappa shape index (κ3) is 6.87. The van der Waals surface area contributed by atoms with Gasteiger partial charge in [0.2, 0.25) is 0 Å². The molecule has 0 radical (unpaired) electrons. The summed E-state index contributed by atoms with van der Waals surface area (Å²) in [5.41, 5.74) is 2.00. The number of likely N-dealkylation sites (tertiary alicyclic amines) is 1. The zero-order valence-electron chi connectivity index (χ0n) is 17.6. The van der Waals surface area contributed by atoms with Crippen LogP contribution in [0.3, 0.4) is 0 Å². The second-order valence-electron chi connectivity index (χ2n) is 8.05. The van der Waals surface area contributed by atoms with Crippen LogP contribution in [0.2, 0.25) is 0 Å². The number of carbonyl (C=O) groups is 1. The van der Waals surface area contributed by atoms with Crippen LogP contribution in [0.25, 0.3) is 0 Å². The number of para-hydroxylation sites is 1. The van der Waals surface area contributed by atoms with E-state index >= 15 is 0 Å². The molecular weight excluding hydrogens is 362 g/mol. The highest BCUT2D eigenvalue weighted by atomic mass is 16.5. The molecule has 5 nitrogen and oxygen atoms in total. The van der Waals surface area contributed by atoms with Crippen molar-refractivity contribution < 1.29 is 9.53 Å². The SMILES string of the molecule is CN(C)CCOc1ccccc1C(=O)NCC1CCN(CCc2ccccc2)C1. The number of benzene rings is 2. The predicted octanol–water partition coefficient (Wildman–Crippen LogP) is 2.92. The zero-order valence-corrected chi connectivity index (χ0v) is 17.6. The van der Waals surface area contributed by atoms with Crippen LogP contribution in [-0.2, 0) is 6.42 Å². The average molecular weight is 396 g/mol. The minimum Gasteiger partial charge on any atom is -0.491 e. The van der Waals surface area contributed by atoms with Gasteiger partial charge in [0.1, 0.15) is 12.4 Å². The third-order valence-electron chi connectivity index (χ3n) is 5.41. The predicted molar refractivity (Wildman–Crippen MR) is 118 cm³/mol. The van der Waals surface area contributed by atoms with Crippen molar-refractivity contribution in [3.63, 3.8) is 0 Å². The van der Waals surface area contributed by atoms with Crippen molar-refractivity contribution in [3.8, 4) is 5.75 Å². The van der Waals surface area contributed by atoms with E-state index < -0.39 is 0 Å². The molecule has 0 aliphatic carbocycles. The zero-order chi connectivity index (χ0) is 20.5. The Hall–Kier alpha value is -2.37. The quantitative estimate of drug-likeness (QED) is 0.672. The van der Waals surface area contributed by atoms with Gasteiger partial charge < -0.3 is 19.9 Å². The maximum Gasteiger partial charge on any atom is 0.255 e.